The molecule has 33 heavy (non-hydrogen) atoms. The molecule has 1 saturated heterocycles. The number of methoxy groups -OCH3 is 1. The first-order valence-electron chi connectivity index (χ1n) is 11.8. The Morgan fingerprint density at radius 3 is 2.52 bits per heavy atom. The molecule has 0 radical (unpaired) electrons. The third-order valence-electron chi connectivity index (χ3n) is 7.31. The summed E-state index contributed by atoms with van der Waals surface area (Å²) in [7, 11) is 1.70. The monoisotopic (exact) mass is 436 g/mol. The zero-order chi connectivity index (χ0) is 22.4. The van der Waals surface area contributed by atoms with Gasteiger partial charge in [0.2, 0.25) is 0 Å². The van der Waals surface area contributed by atoms with Crippen molar-refractivity contribution in [3.05, 3.63) is 100 Å². The van der Waals surface area contributed by atoms with Gasteiger partial charge in [-0.1, -0.05) is 48.5 Å². The smallest absolute Gasteiger partial charge is 0.258 e. The van der Waals surface area contributed by atoms with E-state index in [-0.39, 0.29) is 5.56 Å². The molecule has 2 aliphatic heterocycles. The molecule has 0 N–H and O–H groups in total. The normalized spacial score (nSPS) is 19.9. The van der Waals surface area contributed by atoms with Gasteiger partial charge in [-0.25, -0.2) is 0 Å². The summed E-state index contributed by atoms with van der Waals surface area (Å²) in [5.41, 5.74) is 4.46. The van der Waals surface area contributed by atoms with E-state index in [9.17, 15) is 4.79 Å². The van der Waals surface area contributed by atoms with E-state index in [4.69, 9.17) is 4.74 Å². The van der Waals surface area contributed by atoms with Crippen LogP contribution in [0.15, 0.2) is 83.7 Å². The first-order chi connectivity index (χ1) is 16.2. The lowest BCUT2D eigenvalue weighted by Crippen LogP contribution is -2.46. The summed E-state index contributed by atoms with van der Waals surface area (Å²) in [5, 5.41) is 2.37. The molecule has 2 bridgehead atoms. The van der Waals surface area contributed by atoms with Gasteiger partial charge in [0.25, 0.3) is 5.56 Å². The quantitative estimate of drug-likeness (QED) is 0.436. The lowest BCUT2D eigenvalue weighted by molar-refractivity contribution is 0.114. The fourth-order valence-corrected chi connectivity index (χ4v) is 5.74. The lowest BCUT2D eigenvalue weighted by Gasteiger charge is -2.43. The van der Waals surface area contributed by atoms with Gasteiger partial charge in [0.15, 0.2) is 0 Å². The van der Waals surface area contributed by atoms with Crippen LogP contribution in [0.2, 0.25) is 0 Å². The maximum atomic E-state index is 13.6. The number of benzene rings is 3. The fourth-order valence-electron chi connectivity index (χ4n) is 5.74. The van der Waals surface area contributed by atoms with Crippen molar-refractivity contribution in [1.82, 2.24) is 9.47 Å². The Morgan fingerprint density at radius 1 is 0.879 bits per heavy atom. The second-order valence-corrected chi connectivity index (χ2v) is 9.49. The Labute approximate surface area is 194 Å². The standard InChI is InChI=1S/C29H28N2O2/c1-33-26-10-6-20(7-11-26)16-30-17-21-14-25(19-30)28-13-12-27(29(32)31(28)18-21)24-9-8-22-4-2-3-5-23(22)15-24/h2-13,15,21,25H,14,16-19H2,1H3/t21-,25-/m1/s1. The maximum absolute atomic E-state index is 13.6. The van der Waals surface area contributed by atoms with Gasteiger partial charge < -0.3 is 9.30 Å². The molecule has 0 saturated carbocycles. The van der Waals surface area contributed by atoms with Crippen LogP contribution < -0.4 is 10.3 Å². The molecule has 166 valence electrons. The Bertz CT molecular complexity index is 1370. The van der Waals surface area contributed by atoms with Gasteiger partial charge in [-0.2, -0.15) is 0 Å². The molecule has 6 rings (SSSR count). The van der Waals surface area contributed by atoms with E-state index in [0.717, 1.165) is 43.1 Å². The summed E-state index contributed by atoms with van der Waals surface area (Å²) < 4.78 is 7.35. The average molecular weight is 437 g/mol. The predicted molar refractivity (Wildman–Crippen MR) is 133 cm³/mol. The van der Waals surface area contributed by atoms with E-state index in [2.05, 4.69) is 58.0 Å². The second kappa shape index (κ2) is 8.20. The summed E-state index contributed by atoms with van der Waals surface area (Å²) in [6, 6.07) is 27.2. The minimum Gasteiger partial charge on any atom is -0.497 e. The zero-order valence-corrected chi connectivity index (χ0v) is 18.9. The summed E-state index contributed by atoms with van der Waals surface area (Å²) in [6.07, 6.45) is 1.17. The van der Waals surface area contributed by atoms with Crippen molar-refractivity contribution in [3.63, 3.8) is 0 Å². The number of hydrogen-bond acceptors (Lipinski definition) is 3. The number of hydrogen-bond donors (Lipinski definition) is 0. The molecule has 3 heterocycles. The number of likely N-dealkylation sites (tertiary alicyclic amines) is 1. The maximum Gasteiger partial charge on any atom is 0.258 e. The van der Waals surface area contributed by atoms with E-state index in [1.807, 2.05) is 30.3 Å². The predicted octanol–water partition coefficient (Wildman–Crippen LogP) is 5.30. The van der Waals surface area contributed by atoms with Gasteiger partial charge in [-0.3, -0.25) is 9.69 Å². The molecule has 0 unspecified atom stereocenters. The van der Waals surface area contributed by atoms with Crippen LogP contribution in [0.3, 0.4) is 0 Å². The highest BCUT2D eigenvalue weighted by Crippen LogP contribution is 2.36. The van der Waals surface area contributed by atoms with Crippen LogP contribution in [0.4, 0.5) is 0 Å². The van der Waals surface area contributed by atoms with Crippen LogP contribution in [0.1, 0.15) is 23.6 Å². The van der Waals surface area contributed by atoms with Gasteiger partial charge in [0, 0.05) is 43.4 Å². The topological polar surface area (TPSA) is 34.5 Å². The molecule has 3 aromatic carbocycles. The molecule has 1 fully saturated rings. The second-order valence-electron chi connectivity index (χ2n) is 9.49. The molecular formula is C29H28N2O2. The Morgan fingerprint density at radius 2 is 1.70 bits per heavy atom. The van der Waals surface area contributed by atoms with Gasteiger partial charge in [0.1, 0.15) is 5.75 Å². The Kier molecular flexibility index (Phi) is 5.03. The number of aromatic nitrogens is 1. The first-order valence-corrected chi connectivity index (χ1v) is 11.8. The number of nitrogens with zero attached hydrogens (tertiary/aromatic N) is 2. The van der Waals surface area contributed by atoms with Crippen molar-refractivity contribution in [3.8, 4) is 16.9 Å². The summed E-state index contributed by atoms with van der Waals surface area (Å²) >= 11 is 0. The van der Waals surface area contributed by atoms with E-state index in [1.165, 1.54) is 28.5 Å². The van der Waals surface area contributed by atoms with Crippen LogP contribution in [0, 0.1) is 5.92 Å². The summed E-state index contributed by atoms with van der Waals surface area (Å²) in [4.78, 5) is 16.1. The summed E-state index contributed by atoms with van der Waals surface area (Å²) in [5.74, 6) is 1.82. The molecule has 1 aromatic heterocycles. The van der Waals surface area contributed by atoms with Crippen LogP contribution in [-0.4, -0.2) is 29.7 Å². The van der Waals surface area contributed by atoms with Crippen LogP contribution in [-0.2, 0) is 13.1 Å². The van der Waals surface area contributed by atoms with Gasteiger partial charge in [-0.05, 0) is 64.6 Å². The minimum absolute atomic E-state index is 0.154. The molecule has 4 nitrogen and oxygen atoms in total. The highest BCUT2D eigenvalue weighted by atomic mass is 16.5. The highest BCUT2D eigenvalue weighted by Gasteiger charge is 2.35. The molecule has 0 amide bonds. The first kappa shape index (κ1) is 20.3. The van der Waals surface area contributed by atoms with Crippen molar-refractivity contribution in [2.45, 2.75) is 25.4 Å². The van der Waals surface area contributed by atoms with Crippen LogP contribution in [0.25, 0.3) is 21.9 Å². The van der Waals surface area contributed by atoms with Crippen LogP contribution >= 0.6 is 0 Å². The number of piperidine rings is 1. The zero-order valence-electron chi connectivity index (χ0n) is 18.9. The number of fused-ring (bicyclic) bond motifs is 5. The van der Waals surface area contributed by atoms with Crippen molar-refractivity contribution in [2.24, 2.45) is 5.92 Å². The SMILES string of the molecule is COc1ccc(CN2C[C@H]3C[C@H](C2)c2ccc(-c4ccc5ccccc5c4)c(=O)n2C3)cc1. The number of ether oxygens (including phenoxy) is 1. The van der Waals surface area contributed by atoms with Gasteiger partial charge >= 0.3 is 0 Å². The molecule has 2 atom stereocenters. The third-order valence-corrected chi connectivity index (χ3v) is 7.31. The van der Waals surface area contributed by atoms with Crippen molar-refractivity contribution < 1.29 is 4.74 Å². The average Bonchev–Trinajstić information content (AvgIpc) is 2.85. The number of rotatable bonds is 4. The minimum atomic E-state index is 0.154. The molecular weight excluding hydrogens is 408 g/mol. The lowest BCUT2D eigenvalue weighted by atomic mass is 9.82. The van der Waals surface area contributed by atoms with Crippen molar-refractivity contribution >= 4 is 10.8 Å². The molecule has 0 spiro atoms. The summed E-state index contributed by atoms with van der Waals surface area (Å²) in [6.45, 7) is 3.79. The molecule has 0 aliphatic carbocycles. The third kappa shape index (κ3) is 3.75. The molecule has 2 aliphatic rings. The van der Waals surface area contributed by atoms with Crippen molar-refractivity contribution in [1.29, 1.82) is 0 Å². The van der Waals surface area contributed by atoms with E-state index in [1.54, 1.807) is 7.11 Å². The Hall–Kier alpha value is -3.37. The van der Waals surface area contributed by atoms with E-state index < -0.39 is 0 Å². The van der Waals surface area contributed by atoms with Crippen molar-refractivity contribution in [2.75, 3.05) is 20.2 Å². The Balaban J connectivity index is 1.28. The fraction of sp³-hybridized carbons (Fsp3) is 0.276. The number of pyridine rings is 1. The van der Waals surface area contributed by atoms with Crippen LogP contribution in [0.5, 0.6) is 5.75 Å². The molecule has 4 aromatic rings. The highest BCUT2D eigenvalue weighted by molar-refractivity contribution is 5.87. The molecule has 4 heteroatoms. The van der Waals surface area contributed by atoms with Gasteiger partial charge in [-0.15, -0.1) is 0 Å². The van der Waals surface area contributed by atoms with E-state index >= 15 is 0 Å². The largest absolute Gasteiger partial charge is 0.497 e. The van der Waals surface area contributed by atoms with E-state index in [0.29, 0.717) is 11.8 Å². The van der Waals surface area contributed by atoms with Gasteiger partial charge in [0.05, 0.1) is 7.11 Å².